The van der Waals surface area contributed by atoms with E-state index >= 15 is 0 Å². The third kappa shape index (κ3) is 4.17. The zero-order chi connectivity index (χ0) is 23.7. The van der Waals surface area contributed by atoms with E-state index in [9.17, 15) is 4.79 Å². The number of hydrogen-bond donors (Lipinski definition) is 1. The number of methoxy groups -OCH3 is 1. The number of rotatable bonds is 6. The Kier molecular flexibility index (Phi) is 5.85. The predicted molar refractivity (Wildman–Crippen MR) is 135 cm³/mol. The first-order valence-corrected chi connectivity index (χ1v) is 11.6. The number of thioether (sulfide) groups is 1. The molecule has 2 aromatic carbocycles. The molecule has 0 aliphatic rings. The van der Waals surface area contributed by atoms with Gasteiger partial charge in [-0.25, -0.2) is 15.0 Å². The highest BCUT2D eigenvalue weighted by Crippen LogP contribution is 2.33. The molecule has 0 unspecified atom stereocenters. The van der Waals surface area contributed by atoms with Crippen molar-refractivity contribution < 1.29 is 4.74 Å². The second kappa shape index (κ2) is 9.11. The maximum absolute atomic E-state index is 12.5. The van der Waals surface area contributed by atoms with Gasteiger partial charge in [-0.2, -0.15) is 4.52 Å². The maximum Gasteiger partial charge on any atom is 0.293 e. The molecule has 3 aromatic heterocycles. The maximum atomic E-state index is 12.5. The summed E-state index contributed by atoms with van der Waals surface area (Å²) >= 11 is 1.72. The molecule has 0 amide bonds. The summed E-state index contributed by atoms with van der Waals surface area (Å²) in [7, 11) is 1.63. The summed E-state index contributed by atoms with van der Waals surface area (Å²) in [6, 6.07) is 18.7. The zero-order valence-electron chi connectivity index (χ0n) is 18.9. The molecule has 8 nitrogen and oxygen atoms in total. The molecule has 5 aromatic rings. The van der Waals surface area contributed by atoms with Gasteiger partial charge in [0.25, 0.3) is 5.56 Å². The monoisotopic (exact) mass is 470 g/mol. The van der Waals surface area contributed by atoms with Crippen LogP contribution in [0.3, 0.4) is 0 Å². The second-order valence-corrected chi connectivity index (χ2v) is 9.45. The molecule has 0 radical (unpaired) electrons. The topological polar surface area (TPSA) is 94.3 Å². The lowest BCUT2D eigenvalue weighted by Gasteiger charge is -2.11. The molecule has 3 heterocycles. The van der Waals surface area contributed by atoms with Crippen LogP contribution in [0.2, 0.25) is 0 Å². The van der Waals surface area contributed by atoms with E-state index in [4.69, 9.17) is 19.8 Å². The number of aromatic nitrogens is 5. The number of ether oxygens (including phenoxy) is 1. The van der Waals surface area contributed by atoms with Crippen molar-refractivity contribution in [3.63, 3.8) is 0 Å². The molecule has 0 atom stereocenters. The lowest BCUT2D eigenvalue weighted by molar-refractivity contribution is 0.415. The lowest BCUT2D eigenvalue weighted by atomic mass is 10.2. The van der Waals surface area contributed by atoms with Gasteiger partial charge in [0.15, 0.2) is 11.5 Å². The minimum atomic E-state index is -0.389. The van der Waals surface area contributed by atoms with Gasteiger partial charge in [-0.3, -0.25) is 4.79 Å². The second-order valence-electron chi connectivity index (χ2n) is 7.83. The van der Waals surface area contributed by atoms with Gasteiger partial charge in [-0.05, 0) is 48.5 Å². The quantitative estimate of drug-likeness (QED) is 0.348. The molecular formula is C25H22N6O2S. The third-order valence-electron chi connectivity index (χ3n) is 5.11. The fourth-order valence-corrected chi connectivity index (χ4v) is 4.50. The number of fused-ring (bicyclic) bond motifs is 3. The number of anilines is 2. The Hall–Kier alpha value is -3.98. The first kappa shape index (κ1) is 21.8. The first-order valence-electron chi connectivity index (χ1n) is 10.8. The van der Waals surface area contributed by atoms with Crippen LogP contribution in [-0.2, 0) is 0 Å². The minimum Gasteiger partial charge on any atom is -0.497 e. The van der Waals surface area contributed by atoms with Gasteiger partial charge in [-0.15, -0.1) is 16.9 Å². The van der Waals surface area contributed by atoms with E-state index in [-0.39, 0.29) is 5.56 Å². The molecule has 0 saturated carbocycles. The Morgan fingerprint density at radius 3 is 2.59 bits per heavy atom. The summed E-state index contributed by atoms with van der Waals surface area (Å²) in [5.74, 6) is 1.68. The van der Waals surface area contributed by atoms with Crippen LogP contribution in [0.25, 0.3) is 27.9 Å². The molecule has 0 aliphatic heterocycles. The van der Waals surface area contributed by atoms with E-state index in [2.05, 4.69) is 24.1 Å². The molecule has 0 bridgehead atoms. The molecular weight excluding hydrogens is 448 g/mol. The van der Waals surface area contributed by atoms with Crippen molar-refractivity contribution in [3.05, 3.63) is 77.2 Å². The number of benzene rings is 2. The highest BCUT2D eigenvalue weighted by atomic mass is 32.2. The Morgan fingerprint density at radius 2 is 1.82 bits per heavy atom. The summed E-state index contributed by atoms with van der Waals surface area (Å²) in [4.78, 5) is 27.1. The van der Waals surface area contributed by atoms with Crippen molar-refractivity contribution >= 4 is 39.9 Å². The van der Waals surface area contributed by atoms with Crippen molar-refractivity contribution in [2.75, 3.05) is 12.4 Å². The van der Waals surface area contributed by atoms with Crippen LogP contribution in [0.15, 0.2) is 76.6 Å². The summed E-state index contributed by atoms with van der Waals surface area (Å²) in [5.41, 5.74) is 2.19. The Balaban J connectivity index is 1.75. The highest BCUT2D eigenvalue weighted by molar-refractivity contribution is 8.00. The molecule has 5 rings (SSSR count). The van der Waals surface area contributed by atoms with E-state index in [1.807, 2.05) is 42.5 Å². The van der Waals surface area contributed by atoms with Crippen LogP contribution in [-0.4, -0.2) is 36.9 Å². The van der Waals surface area contributed by atoms with Gasteiger partial charge in [-0.1, -0.05) is 26.0 Å². The summed E-state index contributed by atoms with van der Waals surface area (Å²) < 4.78 is 6.90. The van der Waals surface area contributed by atoms with Gasteiger partial charge in [0.05, 0.1) is 12.6 Å². The van der Waals surface area contributed by atoms with Crippen LogP contribution in [0.4, 0.5) is 11.6 Å². The average Bonchev–Trinajstić information content (AvgIpc) is 3.19. The Morgan fingerprint density at radius 1 is 1.00 bits per heavy atom. The van der Waals surface area contributed by atoms with Crippen LogP contribution in [0.1, 0.15) is 13.8 Å². The fraction of sp³-hybridized carbons (Fsp3) is 0.160. The summed E-state index contributed by atoms with van der Waals surface area (Å²) in [6.45, 7) is 4.28. The lowest BCUT2D eigenvalue weighted by Crippen LogP contribution is -2.12. The molecule has 0 spiro atoms. The number of nitrogens with zero attached hydrogens (tertiary/aromatic N) is 5. The molecule has 0 aliphatic carbocycles. The molecule has 1 N–H and O–H groups in total. The number of para-hydroxylation sites is 1. The van der Waals surface area contributed by atoms with Crippen molar-refractivity contribution in [1.29, 1.82) is 0 Å². The Bertz CT molecular complexity index is 1550. The molecule has 0 fully saturated rings. The average molecular weight is 471 g/mol. The molecule has 34 heavy (non-hydrogen) atoms. The molecule has 9 heteroatoms. The van der Waals surface area contributed by atoms with Crippen LogP contribution in [0, 0.1) is 0 Å². The van der Waals surface area contributed by atoms with Gasteiger partial charge in [0.1, 0.15) is 11.4 Å². The van der Waals surface area contributed by atoms with Gasteiger partial charge in [0.2, 0.25) is 5.95 Å². The minimum absolute atomic E-state index is 0.300. The van der Waals surface area contributed by atoms with Crippen molar-refractivity contribution in [3.8, 4) is 17.1 Å². The number of hydrogen-bond acceptors (Lipinski definition) is 8. The predicted octanol–water partition coefficient (Wildman–Crippen LogP) is 4.95. The largest absolute Gasteiger partial charge is 0.497 e. The standard InChI is InChI=1S/C25H22N6O2S/c1-15(2)34-20-9-6-7-18-21(20)28-25(27-19-8-4-5-14-26-24(19)32)31-23(18)29-22(30-31)16-10-12-17(33-3)13-11-16/h4-15H,1-3H3,(H,26,27,28,32). The zero-order valence-corrected chi connectivity index (χ0v) is 19.7. The normalized spacial score (nSPS) is 11.3. The van der Waals surface area contributed by atoms with Crippen LogP contribution in [0.5, 0.6) is 5.75 Å². The van der Waals surface area contributed by atoms with Gasteiger partial charge in [0, 0.05) is 27.3 Å². The molecule has 0 saturated heterocycles. The van der Waals surface area contributed by atoms with E-state index in [1.165, 1.54) is 6.20 Å². The summed E-state index contributed by atoms with van der Waals surface area (Å²) in [6.07, 6.45) is 1.46. The van der Waals surface area contributed by atoms with E-state index in [0.29, 0.717) is 28.4 Å². The van der Waals surface area contributed by atoms with Crippen molar-refractivity contribution in [2.45, 2.75) is 24.0 Å². The van der Waals surface area contributed by atoms with Crippen molar-refractivity contribution in [2.24, 2.45) is 0 Å². The SMILES string of the molecule is COc1ccc(-c2nc3c4cccc(SC(C)C)c4nc(Nc4ccccnc4=O)n3n2)cc1. The summed E-state index contributed by atoms with van der Waals surface area (Å²) in [5, 5.41) is 9.12. The van der Waals surface area contributed by atoms with E-state index in [1.54, 1.807) is 41.6 Å². The van der Waals surface area contributed by atoms with Gasteiger partial charge < -0.3 is 10.1 Å². The van der Waals surface area contributed by atoms with Gasteiger partial charge >= 0.3 is 0 Å². The number of nitrogens with one attached hydrogen (secondary N) is 1. The van der Waals surface area contributed by atoms with Crippen molar-refractivity contribution in [1.82, 2.24) is 24.6 Å². The van der Waals surface area contributed by atoms with Crippen LogP contribution >= 0.6 is 11.8 Å². The fourth-order valence-electron chi connectivity index (χ4n) is 3.57. The highest BCUT2D eigenvalue weighted by Gasteiger charge is 2.18. The Labute approximate surface area is 200 Å². The third-order valence-corrected chi connectivity index (χ3v) is 6.16. The van der Waals surface area contributed by atoms with E-state index < -0.39 is 0 Å². The van der Waals surface area contributed by atoms with E-state index in [0.717, 1.165) is 27.1 Å². The van der Waals surface area contributed by atoms with Crippen LogP contribution < -0.4 is 15.6 Å². The smallest absolute Gasteiger partial charge is 0.293 e. The molecule has 170 valence electrons. The first-order chi connectivity index (χ1) is 16.5.